The van der Waals surface area contributed by atoms with Crippen molar-refractivity contribution in [3.05, 3.63) is 41.3 Å². The third kappa shape index (κ3) is 1.58. The van der Waals surface area contributed by atoms with Gasteiger partial charge in [-0.25, -0.2) is 14.8 Å². The quantitative estimate of drug-likeness (QED) is 0.671. The minimum absolute atomic E-state index is 0.379. The molecule has 2 heterocycles. The van der Waals surface area contributed by atoms with Gasteiger partial charge in [0.05, 0.1) is 11.4 Å². The third-order valence-corrected chi connectivity index (χ3v) is 1.51. The van der Waals surface area contributed by atoms with Crippen LogP contribution in [0.15, 0.2) is 35.6 Å². The van der Waals surface area contributed by atoms with Gasteiger partial charge in [0.15, 0.2) is 0 Å². The smallest absolute Gasteiger partial charge is 0.313 e. The normalized spacial score (nSPS) is 9.85. The molecule has 5 heteroatoms. The fourth-order valence-corrected chi connectivity index (χ4v) is 0.956. The molecule has 0 saturated carbocycles. The van der Waals surface area contributed by atoms with Gasteiger partial charge < -0.3 is 4.98 Å². The van der Waals surface area contributed by atoms with E-state index in [0.717, 1.165) is 0 Å². The Balaban J connectivity index is 2.54. The van der Waals surface area contributed by atoms with Gasteiger partial charge >= 0.3 is 5.69 Å². The Hall–Kier alpha value is -2.04. The van der Waals surface area contributed by atoms with Gasteiger partial charge in [-0.05, 0) is 12.1 Å². The zero-order valence-corrected chi connectivity index (χ0v) is 6.64. The second-order valence-electron chi connectivity index (χ2n) is 2.37. The maximum absolute atomic E-state index is 10.9. The molecule has 0 fully saturated rings. The lowest BCUT2D eigenvalue weighted by atomic mass is 10.3. The molecule has 64 valence electrons. The molecule has 0 saturated heterocycles. The Labute approximate surface area is 73.5 Å². The number of H-pyrrole nitrogens is 1. The van der Waals surface area contributed by atoms with Crippen LogP contribution in [0.1, 0.15) is 0 Å². The minimum atomic E-state index is -0.379. The summed E-state index contributed by atoms with van der Waals surface area (Å²) in [5, 5.41) is 0. The first-order valence-corrected chi connectivity index (χ1v) is 3.68. The van der Waals surface area contributed by atoms with Crippen LogP contribution in [0, 0.1) is 0 Å². The molecular weight excluding hydrogens is 168 g/mol. The molecule has 0 amide bonds. The fraction of sp³-hybridized carbons (Fsp3) is 0. The summed E-state index contributed by atoms with van der Waals surface area (Å²) in [5.74, 6) is 0. The number of hydrogen-bond acceptors (Lipinski definition) is 4. The third-order valence-electron chi connectivity index (χ3n) is 1.51. The molecular formula is C8H6N4O. The summed E-state index contributed by atoms with van der Waals surface area (Å²) >= 11 is 0. The molecule has 0 atom stereocenters. The highest BCUT2D eigenvalue weighted by Gasteiger charge is 1.98. The van der Waals surface area contributed by atoms with Crippen molar-refractivity contribution in [2.24, 2.45) is 0 Å². The van der Waals surface area contributed by atoms with Gasteiger partial charge in [0.25, 0.3) is 0 Å². The van der Waals surface area contributed by atoms with Gasteiger partial charge in [-0.3, -0.25) is 0 Å². The predicted octanol–water partition coefficient (Wildman–Crippen LogP) is 0.227. The summed E-state index contributed by atoms with van der Waals surface area (Å²) in [6, 6.07) is 3.38. The molecule has 1 N–H and O–H groups in total. The maximum Gasteiger partial charge on any atom is 0.345 e. The van der Waals surface area contributed by atoms with Crippen molar-refractivity contribution in [3.8, 4) is 11.4 Å². The van der Waals surface area contributed by atoms with Gasteiger partial charge in [-0.1, -0.05) is 0 Å². The van der Waals surface area contributed by atoms with Crippen LogP contribution >= 0.6 is 0 Å². The second kappa shape index (κ2) is 3.14. The van der Waals surface area contributed by atoms with Crippen molar-refractivity contribution < 1.29 is 0 Å². The topological polar surface area (TPSA) is 71.5 Å². The lowest BCUT2D eigenvalue weighted by molar-refractivity contribution is 1.06. The van der Waals surface area contributed by atoms with Gasteiger partial charge in [-0.15, -0.1) is 0 Å². The molecule has 2 rings (SSSR count). The number of rotatable bonds is 1. The lowest BCUT2D eigenvalue weighted by Gasteiger charge is -1.95. The maximum atomic E-state index is 10.9. The van der Waals surface area contributed by atoms with Crippen molar-refractivity contribution in [2.45, 2.75) is 0 Å². The molecule has 0 aliphatic carbocycles. The summed E-state index contributed by atoms with van der Waals surface area (Å²) in [6.45, 7) is 0. The predicted molar refractivity (Wildman–Crippen MR) is 45.9 cm³/mol. The molecule has 0 radical (unpaired) electrons. The fourth-order valence-electron chi connectivity index (χ4n) is 0.956. The summed E-state index contributed by atoms with van der Waals surface area (Å²) < 4.78 is 0. The summed E-state index contributed by atoms with van der Waals surface area (Å²) in [6.07, 6.45) is 4.55. The van der Waals surface area contributed by atoms with Crippen LogP contribution in [0.25, 0.3) is 11.4 Å². The number of hydrogen-bond donors (Lipinski definition) is 1. The van der Waals surface area contributed by atoms with Crippen LogP contribution in [-0.2, 0) is 0 Å². The van der Waals surface area contributed by atoms with E-state index in [1.807, 2.05) is 0 Å². The van der Waals surface area contributed by atoms with Gasteiger partial charge in [0.2, 0.25) is 0 Å². The van der Waals surface area contributed by atoms with Crippen molar-refractivity contribution in [2.75, 3.05) is 0 Å². The molecule has 5 nitrogen and oxygen atoms in total. The van der Waals surface area contributed by atoms with Crippen molar-refractivity contribution in [1.29, 1.82) is 0 Å². The van der Waals surface area contributed by atoms with E-state index < -0.39 is 0 Å². The van der Waals surface area contributed by atoms with E-state index in [1.54, 1.807) is 18.3 Å². The lowest BCUT2D eigenvalue weighted by Crippen LogP contribution is -2.09. The van der Waals surface area contributed by atoms with Crippen molar-refractivity contribution in [3.63, 3.8) is 0 Å². The first kappa shape index (κ1) is 7.60. The zero-order valence-electron chi connectivity index (χ0n) is 6.64. The van der Waals surface area contributed by atoms with Gasteiger partial charge in [0.1, 0.15) is 6.33 Å². The number of aromatic nitrogens is 4. The molecule has 0 aliphatic heterocycles. The minimum Gasteiger partial charge on any atom is -0.313 e. The number of nitrogens with one attached hydrogen (secondary N) is 1. The van der Waals surface area contributed by atoms with Crippen molar-refractivity contribution in [1.82, 2.24) is 19.9 Å². The van der Waals surface area contributed by atoms with Crippen LogP contribution in [0.4, 0.5) is 0 Å². The van der Waals surface area contributed by atoms with E-state index >= 15 is 0 Å². The highest BCUT2D eigenvalue weighted by molar-refractivity contribution is 5.51. The Morgan fingerprint density at radius 3 is 2.85 bits per heavy atom. The number of nitrogens with zero attached hydrogens (tertiary/aromatic N) is 3. The zero-order chi connectivity index (χ0) is 9.10. The Kier molecular flexibility index (Phi) is 1.84. The van der Waals surface area contributed by atoms with Crippen LogP contribution < -0.4 is 5.69 Å². The monoisotopic (exact) mass is 174 g/mol. The average molecular weight is 174 g/mol. The number of aromatic amines is 1. The van der Waals surface area contributed by atoms with Gasteiger partial charge in [0, 0.05) is 12.4 Å². The second-order valence-corrected chi connectivity index (χ2v) is 2.37. The van der Waals surface area contributed by atoms with E-state index in [9.17, 15) is 4.79 Å². The van der Waals surface area contributed by atoms with E-state index in [1.165, 1.54) is 12.5 Å². The Morgan fingerprint density at radius 1 is 1.23 bits per heavy atom. The average Bonchev–Trinajstić information content (AvgIpc) is 2.19. The molecule has 2 aromatic rings. The van der Waals surface area contributed by atoms with Crippen molar-refractivity contribution >= 4 is 0 Å². The molecule has 0 aliphatic rings. The summed E-state index contributed by atoms with van der Waals surface area (Å²) in [4.78, 5) is 24.8. The molecule has 0 aromatic carbocycles. The van der Waals surface area contributed by atoms with Gasteiger partial charge in [-0.2, -0.15) is 4.98 Å². The first-order chi connectivity index (χ1) is 6.36. The molecule has 0 unspecified atom stereocenters. The summed E-state index contributed by atoms with van der Waals surface area (Å²) in [5.41, 5.74) is 0.809. The van der Waals surface area contributed by atoms with Crippen LogP contribution in [0.5, 0.6) is 0 Å². The van der Waals surface area contributed by atoms with Crippen LogP contribution in [-0.4, -0.2) is 19.9 Å². The van der Waals surface area contributed by atoms with E-state index in [-0.39, 0.29) is 5.69 Å². The standard InChI is InChI=1S/C8H6N4O/c13-8-10-4-2-7(12-8)6-1-3-9-5-11-6/h1-5H,(H,10,12,13). The largest absolute Gasteiger partial charge is 0.345 e. The highest BCUT2D eigenvalue weighted by Crippen LogP contribution is 2.08. The molecule has 0 spiro atoms. The van der Waals surface area contributed by atoms with Crippen LogP contribution in [0.3, 0.4) is 0 Å². The highest BCUT2D eigenvalue weighted by atomic mass is 16.1. The summed E-state index contributed by atoms with van der Waals surface area (Å²) in [7, 11) is 0. The first-order valence-electron chi connectivity index (χ1n) is 3.68. The Morgan fingerprint density at radius 2 is 2.15 bits per heavy atom. The van der Waals surface area contributed by atoms with E-state index in [4.69, 9.17) is 0 Å². The van der Waals surface area contributed by atoms with Crippen LogP contribution in [0.2, 0.25) is 0 Å². The van der Waals surface area contributed by atoms with E-state index in [2.05, 4.69) is 19.9 Å². The Bertz CT molecular complexity index is 451. The SMILES string of the molecule is O=c1nc(-c2ccncn2)cc[nH]1. The molecule has 0 bridgehead atoms. The molecule has 13 heavy (non-hydrogen) atoms. The molecule has 2 aromatic heterocycles. The van der Waals surface area contributed by atoms with E-state index in [0.29, 0.717) is 11.4 Å².